The van der Waals surface area contributed by atoms with Crippen LogP contribution in [0.4, 0.5) is 0 Å². The highest BCUT2D eigenvalue weighted by atomic mass is 32.2. The zero-order valence-electron chi connectivity index (χ0n) is 15.4. The summed E-state index contributed by atoms with van der Waals surface area (Å²) in [5, 5.41) is 6.12. The lowest BCUT2D eigenvalue weighted by molar-refractivity contribution is -0.126. The number of hydrogen-bond acceptors (Lipinski definition) is 5. The number of H-pyrrole nitrogens is 1. The highest BCUT2D eigenvalue weighted by molar-refractivity contribution is 7.91. The summed E-state index contributed by atoms with van der Waals surface area (Å²) in [5.41, 5.74) is 2.11. The summed E-state index contributed by atoms with van der Waals surface area (Å²) in [6.07, 6.45) is 2.49. The predicted octanol–water partition coefficient (Wildman–Crippen LogP) is 2.19. The first-order chi connectivity index (χ1) is 13.5. The largest absolute Gasteiger partial charge is 0.361 e. The summed E-state index contributed by atoms with van der Waals surface area (Å²) in [6.45, 7) is 1.27. The molecule has 1 aliphatic heterocycles. The maximum absolute atomic E-state index is 13.1. The molecule has 3 heterocycles. The number of aromatic nitrogens is 1. The molecule has 6 nitrogen and oxygen atoms in total. The van der Waals surface area contributed by atoms with Gasteiger partial charge in [0.15, 0.2) is 9.84 Å². The fourth-order valence-corrected chi connectivity index (χ4v) is 5.51. The van der Waals surface area contributed by atoms with Gasteiger partial charge in [-0.25, -0.2) is 8.42 Å². The number of aromatic amines is 1. The van der Waals surface area contributed by atoms with Crippen LogP contribution in [0.5, 0.6) is 0 Å². The molecule has 28 heavy (non-hydrogen) atoms. The van der Waals surface area contributed by atoms with Crippen LogP contribution < -0.4 is 5.32 Å². The van der Waals surface area contributed by atoms with E-state index in [1.165, 1.54) is 0 Å². The Morgan fingerprint density at radius 2 is 1.96 bits per heavy atom. The van der Waals surface area contributed by atoms with Crippen molar-refractivity contribution in [3.63, 3.8) is 0 Å². The average Bonchev–Trinajstić information content (AvgIpc) is 3.35. The quantitative estimate of drug-likeness (QED) is 0.644. The van der Waals surface area contributed by atoms with Crippen LogP contribution in [0.15, 0.2) is 48.0 Å². The van der Waals surface area contributed by atoms with Gasteiger partial charge in [0.2, 0.25) is 5.91 Å². The van der Waals surface area contributed by atoms with Crippen molar-refractivity contribution < 1.29 is 13.2 Å². The number of carbonyl (C=O) groups is 1. The molecule has 2 aromatic heterocycles. The van der Waals surface area contributed by atoms with Gasteiger partial charge in [-0.1, -0.05) is 24.3 Å². The van der Waals surface area contributed by atoms with Crippen molar-refractivity contribution in [3.05, 3.63) is 58.4 Å². The smallest absolute Gasteiger partial charge is 0.237 e. The van der Waals surface area contributed by atoms with Gasteiger partial charge < -0.3 is 10.3 Å². The first-order valence-electron chi connectivity index (χ1n) is 9.31. The van der Waals surface area contributed by atoms with Crippen LogP contribution in [0.2, 0.25) is 0 Å². The molecule has 0 bridgehead atoms. The van der Waals surface area contributed by atoms with Gasteiger partial charge in [0.05, 0.1) is 24.1 Å². The molecule has 1 saturated heterocycles. The van der Waals surface area contributed by atoms with Crippen LogP contribution in [0.25, 0.3) is 10.9 Å². The third-order valence-corrected chi connectivity index (χ3v) is 7.71. The second-order valence-corrected chi connectivity index (χ2v) is 10.4. The number of thiophene rings is 1. The maximum atomic E-state index is 13.1. The van der Waals surface area contributed by atoms with Gasteiger partial charge >= 0.3 is 0 Å². The van der Waals surface area contributed by atoms with Gasteiger partial charge in [-0.2, -0.15) is 0 Å². The number of para-hydroxylation sites is 1. The van der Waals surface area contributed by atoms with Gasteiger partial charge in [0, 0.05) is 35.1 Å². The average molecular weight is 418 g/mol. The number of sulfone groups is 1. The Balaban J connectivity index is 1.54. The molecule has 2 N–H and O–H groups in total. The molecule has 3 aromatic rings. The van der Waals surface area contributed by atoms with Gasteiger partial charge in [0.25, 0.3) is 0 Å². The topological polar surface area (TPSA) is 82.3 Å². The molecule has 4 rings (SSSR count). The normalized spacial score (nSPS) is 18.1. The highest BCUT2D eigenvalue weighted by Gasteiger charge is 2.32. The number of carbonyl (C=O) groups excluding carboxylic acids is 1. The minimum Gasteiger partial charge on any atom is -0.361 e. The van der Waals surface area contributed by atoms with E-state index in [9.17, 15) is 13.2 Å². The Morgan fingerprint density at radius 1 is 1.18 bits per heavy atom. The fourth-order valence-electron chi connectivity index (χ4n) is 3.64. The van der Waals surface area contributed by atoms with Crippen molar-refractivity contribution in [2.75, 3.05) is 24.6 Å². The summed E-state index contributed by atoms with van der Waals surface area (Å²) < 4.78 is 23.7. The molecule has 0 saturated carbocycles. The standard InChI is InChI=1S/C20H23N3O3S2/c24-20(22-14-16-4-3-9-27-16)19(23-7-10-28(25,26)11-8-23)12-15-13-21-18-6-2-1-5-17(15)18/h1-6,9,13,19,21H,7-8,10-12,14H2,(H,22,24). The minimum absolute atomic E-state index is 0.0574. The number of nitrogens with one attached hydrogen (secondary N) is 2. The third-order valence-electron chi connectivity index (χ3n) is 5.23. The summed E-state index contributed by atoms with van der Waals surface area (Å²) in [5.74, 6) is 0.156. The Labute approximate surface area is 168 Å². The minimum atomic E-state index is -3.00. The summed E-state index contributed by atoms with van der Waals surface area (Å²) >= 11 is 1.61. The molecule has 1 fully saturated rings. The number of fused-ring (bicyclic) bond motifs is 1. The van der Waals surface area contributed by atoms with Gasteiger partial charge in [-0.15, -0.1) is 11.3 Å². The first-order valence-corrected chi connectivity index (χ1v) is 12.0. The van der Waals surface area contributed by atoms with Crippen LogP contribution in [-0.2, 0) is 27.6 Å². The molecular weight excluding hydrogens is 394 g/mol. The predicted molar refractivity (Wildman–Crippen MR) is 112 cm³/mol. The molecule has 0 radical (unpaired) electrons. The van der Waals surface area contributed by atoms with E-state index in [-0.39, 0.29) is 17.4 Å². The fraction of sp³-hybridized carbons (Fsp3) is 0.350. The number of nitrogens with zero attached hydrogens (tertiary/aromatic N) is 1. The number of amides is 1. The highest BCUT2D eigenvalue weighted by Crippen LogP contribution is 2.22. The molecule has 1 aromatic carbocycles. The Bertz CT molecular complexity index is 1040. The van der Waals surface area contributed by atoms with Gasteiger partial charge in [-0.3, -0.25) is 9.69 Å². The first kappa shape index (κ1) is 19.2. The molecule has 1 unspecified atom stereocenters. The number of benzene rings is 1. The second kappa shape index (κ2) is 8.06. The Hall–Kier alpha value is -2.16. The van der Waals surface area contributed by atoms with Crippen molar-refractivity contribution >= 4 is 38.0 Å². The van der Waals surface area contributed by atoms with E-state index in [0.29, 0.717) is 26.1 Å². The molecule has 1 atom stereocenters. The van der Waals surface area contributed by atoms with Crippen LogP contribution in [-0.4, -0.2) is 54.8 Å². The zero-order valence-corrected chi connectivity index (χ0v) is 17.1. The molecule has 0 aliphatic carbocycles. The molecule has 1 amide bonds. The van der Waals surface area contributed by atoms with Crippen molar-refractivity contribution in [3.8, 4) is 0 Å². The third kappa shape index (κ3) is 4.29. The van der Waals surface area contributed by atoms with E-state index in [4.69, 9.17) is 0 Å². The Kier molecular flexibility index (Phi) is 5.52. The second-order valence-electron chi connectivity index (χ2n) is 7.06. The van der Waals surface area contributed by atoms with Crippen molar-refractivity contribution in [1.29, 1.82) is 0 Å². The summed E-state index contributed by atoms with van der Waals surface area (Å²) in [6, 6.07) is 11.6. The van der Waals surface area contributed by atoms with Crippen LogP contribution >= 0.6 is 11.3 Å². The molecular formula is C20H23N3O3S2. The van der Waals surface area contributed by atoms with Gasteiger partial charge in [0.1, 0.15) is 0 Å². The van der Waals surface area contributed by atoms with E-state index in [0.717, 1.165) is 21.3 Å². The molecule has 1 aliphatic rings. The van der Waals surface area contributed by atoms with E-state index in [2.05, 4.69) is 10.3 Å². The zero-order chi connectivity index (χ0) is 19.6. The van der Waals surface area contributed by atoms with Crippen LogP contribution in [0, 0.1) is 0 Å². The van der Waals surface area contributed by atoms with Crippen molar-refractivity contribution in [2.24, 2.45) is 0 Å². The maximum Gasteiger partial charge on any atom is 0.237 e. The van der Waals surface area contributed by atoms with Gasteiger partial charge in [-0.05, 0) is 29.5 Å². The molecule has 148 valence electrons. The van der Waals surface area contributed by atoms with E-state index in [1.54, 1.807) is 11.3 Å². The van der Waals surface area contributed by atoms with E-state index < -0.39 is 15.9 Å². The summed E-state index contributed by atoms with van der Waals surface area (Å²) in [4.78, 5) is 19.4. The van der Waals surface area contributed by atoms with Crippen molar-refractivity contribution in [2.45, 2.75) is 19.0 Å². The van der Waals surface area contributed by atoms with Crippen molar-refractivity contribution in [1.82, 2.24) is 15.2 Å². The van der Waals surface area contributed by atoms with E-state index in [1.807, 2.05) is 52.9 Å². The number of rotatable bonds is 6. The van der Waals surface area contributed by atoms with E-state index >= 15 is 0 Å². The lowest BCUT2D eigenvalue weighted by Crippen LogP contribution is -2.53. The van der Waals surface area contributed by atoms with Crippen LogP contribution in [0.3, 0.4) is 0 Å². The van der Waals surface area contributed by atoms with Crippen LogP contribution in [0.1, 0.15) is 10.4 Å². The lowest BCUT2D eigenvalue weighted by atomic mass is 10.0. The SMILES string of the molecule is O=C(NCc1cccs1)C(Cc1c[nH]c2ccccc12)N1CCS(=O)(=O)CC1. The molecule has 8 heteroatoms. The monoisotopic (exact) mass is 417 g/mol. The Morgan fingerprint density at radius 3 is 2.71 bits per heavy atom. The number of hydrogen-bond donors (Lipinski definition) is 2. The summed E-state index contributed by atoms with van der Waals surface area (Å²) in [7, 11) is -3.00. The molecule has 0 spiro atoms. The lowest BCUT2D eigenvalue weighted by Gasteiger charge is -2.33.